The van der Waals surface area contributed by atoms with E-state index in [1.54, 1.807) is 0 Å². The Labute approximate surface area is 119 Å². The first kappa shape index (κ1) is 15.3. The van der Waals surface area contributed by atoms with Crippen molar-refractivity contribution in [2.75, 3.05) is 33.4 Å². The summed E-state index contributed by atoms with van der Waals surface area (Å²) in [7, 11) is 2.29. The molecule has 4 unspecified atom stereocenters. The molecule has 4 atom stereocenters. The van der Waals surface area contributed by atoms with Gasteiger partial charge in [0, 0.05) is 25.2 Å². The highest BCUT2D eigenvalue weighted by molar-refractivity contribution is 4.87. The maximum absolute atomic E-state index is 5.53. The largest absolute Gasteiger partial charge is 0.380 e. The van der Waals surface area contributed by atoms with Gasteiger partial charge in [0.1, 0.15) is 0 Å². The van der Waals surface area contributed by atoms with Crippen molar-refractivity contribution in [1.82, 2.24) is 10.2 Å². The second-order valence-electron chi connectivity index (χ2n) is 6.47. The van der Waals surface area contributed by atoms with E-state index < -0.39 is 0 Å². The molecule has 3 heteroatoms. The Morgan fingerprint density at radius 3 is 2.68 bits per heavy atom. The van der Waals surface area contributed by atoms with Crippen molar-refractivity contribution in [3.8, 4) is 0 Å². The molecule has 112 valence electrons. The van der Waals surface area contributed by atoms with Crippen LogP contribution in [-0.4, -0.2) is 50.3 Å². The molecule has 1 aliphatic heterocycles. The smallest absolute Gasteiger partial charge is 0.0622 e. The monoisotopic (exact) mass is 268 g/mol. The number of ether oxygens (including phenoxy) is 1. The second-order valence-corrected chi connectivity index (χ2v) is 6.47. The Kier molecular flexibility index (Phi) is 6.11. The standard InChI is InChI=1S/C16H32N2O/c1-4-13-6-7-16(17-5-2)14(10-13)11-18(3)15-8-9-19-12-15/h13-17H,4-12H2,1-3H3. The summed E-state index contributed by atoms with van der Waals surface area (Å²) in [5, 5.41) is 3.72. The average molecular weight is 268 g/mol. The van der Waals surface area contributed by atoms with Gasteiger partial charge in [0.2, 0.25) is 0 Å². The molecule has 0 aromatic carbocycles. The van der Waals surface area contributed by atoms with Crippen LogP contribution in [0, 0.1) is 11.8 Å². The van der Waals surface area contributed by atoms with Gasteiger partial charge in [-0.2, -0.15) is 0 Å². The van der Waals surface area contributed by atoms with Gasteiger partial charge in [0.15, 0.2) is 0 Å². The van der Waals surface area contributed by atoms with Crippen LogP contribution in [0.15, 0.2) is 0 Å². The molecular weight excluding hydrogens is 236 g/mol. The zero-order chi connectivity index (χ0) is 13.7. The van der Waals surface area contributed by atoms with E-state index in [0.29, 0.717) is 6.04 Å². The fraction of sp³-hybridized carbons (Fsp3) is 1.00. The van der Waals surface area contributed by atoms with Crippen molar-refractivity contribution in [2.24, 2.45) is 11.8 Å². The van der Waals surface area contributed by atoms with Crippen molar-refractivity contribution in [3.05, 3.63) is 0 Å². The molecule has 1 aliphatic carbocycles. The van der Waals surface area contributed by atoms with E-state index in [-0.39, 0.29) is 0 Å². The summed E-state index contributed by atoms with van der Waals surface area (Å²) in [5.41, 5.74) is 0. The fourth-order valence-corrected chi connectivity index (χ4v) is 3.85. The SMILES string of the molecule is CCNC1CCC(CC)CC1CN(C)C1CCOC1. The summed E-state index contributed by atoms with van der Waals surface area (Å²) in [6.45, 7) is 8.82. The number of likely N-dealkylation sites (N-methyl/N-ethyl adjacent to an activating group) is 1. The van der Waals surface area contributed by atoms with Gasteiger partial charge in [-0.1, -0.05) is 20.3 Å². The van der Waals surface area contributed by atoms with Crippen molar-refractivity contribution in [2.45, 2.75) is 58.0 Å². The molecule has 0 spiro atoms. The number of nitrogens with one attached hydrogen (secondary N) is 1. The van der Waals surface area contributed by atoms with E-state index in [9.17, 15) is 0 Å². The van der Waals surface area contributed by atoms with Gasteiger partial charge in [0.25, 0.3) is 0 Å². The summed E-state index contributed by atoms with van der Waals surface area (Å²) in [6.07, 6.45) is 6.76. The molecule has 1 saturated heterocycles. The minimum absolute atomic E-state index is 0.657. The Balaban J connectivity index is 1.88. The molecule has 1 heterocycles. The first-order valence-electron chi connectivity index (χ1n) is 8.25. The lowest BCUT2D eigenvalue weighted by molar-refractivity contribution is 0.114. The minimum atomic E-state index is 0.657. The molecule has 0 aromatic rings. The lowest BCUT2D eigenvalue weighted by Gasteiger charge is -2.39. The first-order valence-corrected chi connectivity index (χ1v) is 8.25. The lowest BCUT2D eigenvalue weighted by Crippen LogP contribution is -2.47. The van der Waals surface area contributed by atoms with Gasteiger partial charge in [-0.25, -0.2) is 0 Å². The van der Waals surface area contributed by atoms with E-state index in [1.165, 1.54) is 38.6 Å². The Morgan fingerprint density at radius 1 is 1.21 bits per heavy atom. The highest BCUT2D eigenvalue weighted by Gasteiger charge is 2.31. The lowest BCUT2D eigenvalue weighted by atomic mass is 9.76. The molecule has 1 saturated carbocycles. The zero-order valence-electron chi connectivity index (χ0n) is 13.0. The molecule has 0 aromatic heterocycles. The summed E-state index contributed by atoms with van der Waals surface area (Å²) >= 11 is 0. The second kappa shape index (κ2) is 7.61. The predicted octanol–water partition coefficient (Wildman–Crippen LogP) is 2.51. The van der Waals surface area contributed by atoms with Gasteiger partial charge in [0.05, 0.1) is 6.61 Å². The predicted molar refractivity (Wildman–Crippen MR) is 80.4 cm³/mol. The minimum Gasteiger partial charge on any atom is -0.380 e. The van der Waals surface area contributed by atoms with Crippen LogP contribution in [-0.2, 0) is 4.74 Å². The van der Waals surface area contributed by atoms with Crippen LogP contribution in [0.25, 0.3) is 0 Å². The van der Waals surface area contributed by atoms with Crippen LogP contribution in [0.2, 0.25) is 0 Å². The summed E-state index contributed by atoms with van der Waals surface area (Å²) < 4.78 is 5.53. The Hall–Kier alpha value is -0.120. The highest BCUT2D eigenvalue weighted by Crippen LogP contribution is 2.32. The normalized spacial score (nSPS) is 36.0. The molecular formula is C16H32N2O. The third-order valence-electron chi connectivity index (χ3n) is 5.19. The van der Waals surface area contributed by atoms with Gasteiger partial charge in [-0.3, -0.25) is 0 Å². The molecule has 3 nitrogen and oxygen atoms in total. The molecule has 19 heavy (non-hydrogen) atoms. The van der Waals surface area contributed by atoms with Crippen molar-refractivity contribution >= 4 is 0 Å². The summed E-state index contributed by atoms with van der Waals surface area (Å²) in [6, 6.07) is 1.39. The molecule has 1 N–H and O–H groups in total. The van der Waals surface area contributed by atoms with Gasteiger partial charge in [-0.15, -0.1) is 0 Å². The van der Waals surface area contributed by atoms with Crippen LogP contribution in [0.1, 0.15) is 46.0 Å². The van der Waals surface area contributed by atoms with Crippen LogP contribution < -0.4 is 5.32 Å². The van der Waals surface area contributed by atoms with Crippen LogP contribution in [0.4, 0.5) is 0 Å². The third kappa shape index (κ3) is 4.17. The quantitative estimate of drug-likeness (QED) is 0.801. The van der Waals surface area contributed by atoms with Gasteiger partial charge >= 0.3 is 0 Å². The molecule has 0 amide bonds. The molecule has 2 rings (SSSR count). The van der Waals surface area contributed by atoms with E-state index in [2.05, 4.69) is 31.1 Å². The zero-order valence-corrected chi connectivity index (χ0v) is 13.0. The van der Waals surface area contributed by atoms with Crippen LogP contribution >= 0.6 is 0 Å². The Bertz CT molecular complexity index is 253. The van der Waals surface area contributed by atoms with Crippen LogP contribution in [0.5, 0.6) is 0 Å². The molecule has 0 bridgehead atoms. The van der Waals surface area contributed by atoms with E-state index in [1.807, 2.05) is 0 Å². The van der Waals surface area contributed by atoms with Gasteiger partial charge < -0.3 is 15.0 Å². The van der Waals surface area contributed by atoms with Crippen molar-refractivity contribution in [1.29, 1.82) is 0 Å². The number of hydrogen-bond acceptors (Lipinski definition) is 3. The maximum Gasteiger partial charge on any atom is 0.0622 e. The van der Waals surface area contributed by atoms with Crippen molar-refractivity contribution in [3.63, 3.8) is 0 Å². The highest BCUT2D eigenvalue weighted by atomic mass is 16.5. The maximum atomic E-state index is 5.53. The van der Waals surface area contributed by atoms with Crippen molar-refractivity contribution < 1.29 is 4.74 Å². The topological polar surface area (TPSA) is 24.5 Å². The van der Waals surface area contributed by atoms with E-state index in [4.69, 9.17) is 4.74 Å². The van der Waals surface area contributed by atoms with Gasteiger partial charge in [-0.05, 0) is 51.1 Å². The summed E-state index contributed by atoms with van der Waals surface area (Å²) in [4.78, 5) is 2.56. The molecule has 0 radical (unpaired) electrons. The fourth-order valence-electron chi connectivity index (χ4n) is 3.85. The molecule has 2 aliphatic rings. The van der Waals surface area contributed by atoms with E-state index >= 15 is 0 Å². The number of hydrogen-bond donors (Lipinski definition) is 1. The number of rotatable bonds is 6. The average Bonchev–Trinajstić information content (AvgIpc) is 2.95. The van der Waals surface area contributed by atoms with E-state index in [0.717, 1.165) is 37.6 Å². The first-order chi connectivity index (χ1) is 9.24. The summed E-state index contributed by atoms with van der Waals surface area (Å²) in [5.74, 6) is 1.78. The van der Waals surface area contributed by atoms with Crippen LogP contribution in [0.3, 0.4) is 0 Å². The third-order valence-corrected chi connectivity index (χ3v) is 5.19. The number of nitrogens with zero attached hydrogens (tertiary/aromatic N) is 1. The molecule has 2 fully saturated rings. The Morgan fingerprint density at radius 2 is 2.05 bits per heavy atom.